The largest absolute Gasteiger partial charge is 0.444 e. The lowest BCUT2D eigenvalue weighted by molar-refractivity contribution is 0.00600. The molecule has 1 heterocycles. The molecule has 6 nitrogen and oxygen atoms in total. The number of halogens is 1. The minimum atomic E-state index is -0.577. The van der Waals surface area contributed by atoms with Gasteiger partial charge in [0.2, 0.25) is 0 Å². The number of carbonyl (C=O) groups is 1. The molecule has 142 valence electrons. The molecule has 7 heteroatoms. The molecule has 1 N–H and O–H groups in total. The molecule has 0 unspecified atom stereocenters. The number of amides is 1. The van der Waals surface area contributed by atoms with E-state index < -0.39 is 11.7 Å². The molecule has 26 heavy (non-hydrogen) atoms. The maximum Gasteiger partial charge on any atom is 0.408 e. The maximum absolute atomic E-state index is 13.8. The Labute approximate surface area is 152 Å². The Morgan fingerprint density at radius 2 is 2.08 bits per heavy atom. The molecule has 1 saturated carbocycles. The van der Waals surface area contributed by atoms with Gasteiger partial charge >= 0.3 is 6.09 Å². The molecular formula is C19H26FN3O3. The van der Waals surface area contributed by atoms with Crippen LogP contribution in [0, 0.1) is 5.82 Å². The maximum atomic E-state index is 13.8. The van der Waals surface area contributed by atoms with E-state index >= 15 is 0 Å². The molecule has 1 aromatic heterocycles. The summed E-state index contributed by atoms with van der Waals surface area (Å²) in [5, 5.41) is 2.83. The summed E-state index contributed by atoms with van der Waals surface area (Å²) >= 11 is 0. The standard InChI is InChI=1S/C19H26FN3O3/c1-11(21-18(24)26-19(2,3)4)17-22-15-7-6-12(20)8-16(15)23(17)13-9-14(10-13)25-5/h6-8,11,13-14H,9-10H2,1-5H3,(H,21,24)/t11-,13?,14?/m0/s1. The molecule has 1 aliphatic carbocycles. The van der Waals surface area contributed by atoms with Crippen LogP contribution in [0.1, 0.15) is 58.4 Å². The quantitative estimate of drug-likeness (QED) is 0.888. The van der Waals surface area contributed by atoms with Crippen LogP contribution in [-0.4, -0.2) is 34.5 Å². The zero-order valence-corrected chi connectivity index (χ0v) is 15.9. The van der Waals surface area contributed by atoms with Gasteiger partial charge < -0.3 is 19.4 Å². The molecule has 0 saturated heterocycles. The summed E-state index contributed by atoms with van der Waals surface area (Å²) in [5.41, 5.74) is 0.865. The highest BCUT2D eigenvalue weighted by atomic mass is 19.1. The van der Waals surface area contributed by atoms with Crippen LogP contribution in [0.2, 0.25) is 0 Å². The SMILES string of the molecule is COC1CC(n2c([C@H](C)NC(=O)OC(C)(C)C)nc3ccc(F)cc32)C1. The number of ether oxygens (including phenoxy) is 2. The summed E-state index contributed by atoms with van der Waals surface area (Å²) in [5.74, 6) is 0.386. The van der Waals surface area contributed by atoms with E-state index in [-0.39, 0.29) is 24.0 Å². The van der Waals surface area contributed by atoms with Crippen molar-refractivity contribution in [3.63, 3.8) is 0 Å². The summed E-state index contributed by atoms with van der Waals surface area (Å²) in [6, 6.07) is 4.35. The van der Waals surface area contributed by atoms with Gasteiger partial charge in [-0.3, -0.25) is 0 Å². The minimum absolute atomic E-state index is 0.171. The average molecular weight is 363 g/mol. The van der Waals surface area contributed by atoms with Gasteiger partial charge in [0.15, 0.2) is 0 Å². The van der Waals surface area contributed by atoms with Gasteiger partial charge in [0.1, 0.15) is 17.2 Å². The van der Waals surface area contributed by atoms with Crippen molar-refractivity contribution in [2.24, 2.45) is 0 Å². The summed E-state index contributed by atoms with van der Waals surface area (Å²) in [4.78, 5) is 16.8. The van der Waals surface area contributed by atoms with Crippen molar-refractivity contribution >= 4 is 17.1 Å². The fraction of sp³-hybridized carbons (Fsp3) is 0.579. The second-order valence-electron chi connectivity index (χ2n) is 7.82. The number of rotatable bonds is 4. The highest BCUT2D eigenvalue weighted by molar-refractivity contribution is 5.77. The molecule has 1 fully saturated rings. The van der Waals surface area contributed by atoms with Gasteiger partial charge in [-0.05, 0) is 58.7 Å². The molecule has 1 aromatic carbocycles. The fourth-order valence-corrected chi connectivity index (χ4v) is 3.26. The Hall–Kier alpha value is -2.15. The van der Waals surface area contributed by atoms with Gasteiger partial charge in [0.25, 0.3) is 0 Å². The van der Waals surface area contributed by atoms with Crippen LogP contribution in [-0.2, 0) is 9.47 Å². The molecule has 3 rings (SSSR count). The van der Waals surface area contributed by atoms with Crippen LogP contribution >= 0.6 is 0 Å². The van der Waals surface area contributed by atoms with Gasteiger partial charge in [0.05, 0.1) is 23.2 Å². The van der Waals surface area contributed by atoms with Crippen molar-refractivity contribution in [3.8, 4) is 0 Å². The van der Waals surface area contributed by atoms with Crippen LogP contribution in [0.3, 0.4) is 0 Å². The average Bonchev–Trinajstić information content (AvgIpc) is 2.83. The molecular weight excluding hydrogens is 337 g/mol. The molecule has 1 amide bonds. The second-order valence-corrected chi connectivity index (χ2v) is 7.82. The van der Waals surface area contributed by atoms with E-state index in [1.54, 1.807) is 13.2 Å². The van der Waals surface area contributed by atoms with E-state index in [0.717, 1.165) is 18.4 Å². The van der Waals surface area contributed by atoms with Crippen LogP contribution in [0.15, 0.2) is 18.2 Å². The predicted octanol–water partition coefficient (Wildman–Crippen LogP) is 4.11. The summed E-state index contributed by atoms with van der Waals surface area (Å²) in [6.07, 6.45) is 1.38. The Balaban J connectivity index is 1.90. The summed E-state index contributed by atoms with van der Waals surface area (Å²) in [6.45, 7) is 7.29. The van der Waals surface area contributed by atoms with Gasteiger partial charge in [-0.15, -0.1) is 0 Å². The molecule has 1 atom stereocenters. The molecule has 0 radical (unpaired) electrons. The Morgan fingerprint density at radius 3 is 2.69 bits per heavy atom. The molecule has 0 bridgehead atoms. The van der Waals surface area contributed by atoms with Crippen molar-refractivity contribution in [2.75, 3.05) is 7.11 Å². The van der Waals surface area contributed by atoms with Crippen LogP contribution in [0.25, 0.3) is 11.0 Å². The third-order valence-corrected chi connectivity index (χ3v) is 4.57. The van der Waals surface area contributed by atoms with Crippen molar-refractivity contribution in [1.29, 1.82) is 0 Å². The van der Waals surface area contributed by atoms with E-state index in [1.807, 2.05) is 32.3 Å². The van der Waals surface area contributed by atoms with Crippen LogP contribution in [0.4, 0.5) is 9.18 Å². The monoisotopic (exact) mass is 363 g/mol. The number of hydrogen-bond donors (Lipinski definition) is 1. The number of alkyl carbamates (subject to hydrolysis) is 1. The van der Waals surface area contributed by atoms with Crippen molar-refractivity contribution < 1.29 is 18.7 Å². The number of aromatic nitrogens is 2. The fourth-order valence-electron chi connectivity index (χ4n) is 3.26. The third kappa shape index (κ3) is 3.82. The van der Waals surface area contributed by atoms with Crippen LogP contribution in [0.5, 0.6) is 0 Å². The lowest BCUT2D eigenvalue weighted by Gasteiger charge is -2.37. The van der Waals surface area contributed by atoms with E-state index in [0.29, 0.717) is 11.3 Å². The smallest absolute Gasteiger partial charge is 0.408 e. The molecule has 0 aliphatic heterocycles. The number of imidazole rings is 1. The van der Waals surface area contributed by atoms with Gasteiger partial charge in [-0.25, -0.2) is 14.2 Å². The zero-order chi connectivity index (χ0) is 19.1. The number of nitrogens with one attached hydrogen (secondary N) is 1. The zero-order valence-electron chi connectivity index (χ0n) is 15.9. The van der Waals surface area contributed by atoms with Gasteiger partial charge in [-0.1, -0.05) is 0 Å². The number of methoxy groups -OCH3 is 1. The van der Waals surface area contributed by atoms with Crippen molar-refractivity contribution in [3.05, 3.63) is 29.8 Å². The number of nitrogens with zero attached hydrogens (tertiary/aromatic N) is 2. The topological polar surface area (TPSA) is 65.4 Å². The first-order chi connectivity index (χ1) is 12.2. The number of fused-ring (bicyclic) bond motifs is 1. The highest BCUT2D eigenvalue weighted by Crippen LogP contribution is 2.38. The first-order valence-electron chi connectivity index (χ1n) is 8.87. The summed E-state index contributed by atoms with van der Waals surface area (Å²) in [7, 11) is 1.69. The molecule has 2 aromatic rings. The second kappa shape index (κ2) is 6.87. The van der Waals surface area contributed by atoms with E-state index in [9.17, 15) is 9.18 Å². The van der Waals surface area contributed by atoms with Crippen LogP contribution < -0.4 is 5.32 Å². The van der Waals surface area contributed by atoms with E-state index in [2.05, 4.69) is 10.3 Å². The lowest BCUT2D eigenvalue weighted by atomic mass is 9.88. The first-order valence-corrected chi connectivity index (χ1v) is 8.87. The minimum Gasteiger partial charge on any atom is -0.444 e. The van der Waals surface area contributed by atoms with Gasteiger partial charge in [0, 0.05) is 13.2 Å². The number of hydrogen-bond acceptors (Lipinski definition) is 4. The number of carbonyl (C=O) groups excluding carboxylic acids is 1. The normalized spacial score (nSPS) is 21.3. The Kier molecular flexibility index (Phi) is 4.92. The van der Waals surface area contributed by atoms with Gasteiger partial charge in [-0.2, -0.15) is 0 Å². The van der Waals surface area contributed by atoms with Crippen molar-refractivity contribution in [1.82, 2.24) is 14.9 Å². The third-order valence-electron chi connectivity index (χ3n) is 4.57. The lowest BCUT2D eigenvalue weighted by Crippen LogP contribution is -2.37. The Morgan fingerprint density at radius 1 is 1.38 bits per heavy atom. The Bertz CT molecular complexity index is 806. The number of benzene rings is 1. The van der Waals surface area contributed by atoms with Crippen molar-refractivity contribution in [2.45, 2.75) is 64.3 Å². The van der Waals surface area contributed by atoms with E-state index in [1.165, 1.54) is 12.1 Å². The summed E-state index contributed by atoms with van der Waals surface area (Å²) < 4.78 is 26.5. The van der Waals surface area contributed by atoms with E-state index in [4.69, 9.17) is 9.47 Å². The highest BCUT2D eigenvalue weighted by Gasteiger charge is 2.34. The first kappa shape index (κ1) is 18.6. The molecule has 0 spiro atoms. The predicted molar refractivity (Wildman–Crippen MR) is 96.5 cm³/mol. The molecule has 1 aliphatic rings.